The number of fused-ring (bicyclic) bond motifs is 2. The van der Waals surface area contributed by atoms with Crippen LogP contribution in [0.15, 0.2) is 6.33 Å². The monoisotopic (exact) mass is 338 g/mol. The highest BCUT2D eigenvalue weighted by atomic mass is 16.8. The first-order valence-corrected chi connectivity index (χ1v) is 8.00. The molecule has 9 heteroatoms. The molecule has 0 unspecified atom stereocenters. The van der Waals surface area contributed by atoms with Gasteiger partial charge in [-0.2, -0.15) is 0 Å². The van der Waals surface area contributed by atoms with E-state index in [1.165, 1.54) is 0 Å². The Hall–Kier alpha value is -1.68. The number of nitrogens with zero attached hydrogens (tertiary/aromatic N) is 2. The van der Waals surface area contributed by atoms with Crippen LogP contribution in [0.25, 0.3) is 0 Å². The van der Waals surface area contributed by atoms with Gasteiger partial charge in [-0.25, -0.2) is 4.98 Å². The number of nitrogens with one attached hydrogen (secondary N) is 2. The minimum absolute atomic E-state index is 0.173. The minimum Gasteiger partial charge on any atom is -0.394 e. The third-order valence-corrected chi connectivity index (χ3v) is 4.45. The van der Waals surface area contributed by atoms with Crippen LogP contribution < -0.4 is 10.6 Å². The highest BCUT2D eigenvalue weighted by Gasteiger charge is 2.56. The maximum absolute atomic E-state index is 12.2. The lowest BCUT2D eigenvalue weighted by Crippen LogP contribution is -2.53. The zero-order valence-corrected chi connectivity index (χ0v) is 14.1. The smallest absolute Gasteiger partial charge is 0.275 e. The molecule has 0 radical (unpaired) electrons. The third kappa shape index (κ3) is 2.31. The molecule has 132 valence electrons. The zero-order chi connectivity index (χ0) is 17.3. The van der Waals surface area contributed by atoms with E-state index >= 15 is 0 Å². The number of carbonyl (C=O) groups excluding carboxylic acids is 1. The number of hydrogen-bond acceptors (Lipinski definition) is 7. The molecule has 0 saturated carbocycles. The molecular formula is C15H22N4O5. The van der Waals surface area contributed by atoms with Crippen LogP contribution in [0.5, 0.6) is 0 Å². The lowest BCUT2D eigenvalue weighted by molar-refractivity contribution is -0.199. The van der Waals surface area contributed by atoms with Gasteiger partial charge in [0, 0.05) is 0 Å². The second-order valence-corrected chi connectivity index (χ2v) is 7.37. The van der Waals surface area contributed by atoms with Gasteiger partial charge in [0.25, 0.3) is 5.91 Å². The van der Waals surface area contributed by atoms with Crippen molar-refractivity contribution in [3.05, 3.63) is 12.0 Å². The van der Waals surface area contributed by atoms with Crippen molar-refractivity contribution < 1.29 is 24.1 Å². The van der Waals surface area contributed by atoms with Crippen molar-refractivity contribution in [2.24, 2.45) is 0 Å². The molecule has 0 bridgehead atoms. The Kier molecular flexibility index (Phi) is 3.24. The van der Waals surface area contributed by atoms with E-state index in [0.717, 1.165) is 0 Å². The van der Waals surface area contributed by atoms with Crippen LogP contribution in [0.1, 0.15) is 44.4 Å². The van der Waals surface area contributed by atoms with Gasteiger partial charge in [-0.3, -0.25) is 9.36 Å². The van der Waals surface area contributed by atoms with E-state index in [4.69, 9.17) is 14.2 Å². The van der Waals surface area contributed by atoms with Crippen molar-refractivity contribution in [2.75, 3.05) is 11.9 Å². The number of aliphatic hydroxyl groups excluding tert-OH is 1. The van der Waals surface area contributed by atoms with Crippen molar-refractivity contribution >= 4 is 11.7 Å². The van der Waals surface area contributed by atoms with Crippen LogP contribution in [0.4, 0.5) is 5.82 Å². The molecule has 1 aromatic rings. The first-order valence-electron chi connectivity index (χ1n) is 8.00. The standard InChI is InChI=1S/C15H22N4O5/c1-14(2)17-11-8(12(21)18-14)16-6-19(11)13-10-9(7(5-20)22-13)23-15(3,4)24-10/h6-7,9-10,13,17,20H,5H2,1-4H3,(H,18,21)/t7-,9+,10+,13-/m1/s1. The summed E-state index contributed by atoms with van der Waals surface area (Å²) in [5.41, 5.74) is -0.303. The van der Waals surface area contributed by atoms with Crippen LogP contribution >= 0.6 is 0 Å². The summed E-state index contributed by atoms with van der Waals surface area (Å²) in [6.07, 6.45) is -0.261. The summed E-state index contributed by atoms with van der Waals surface area (Å²) in [6.45, 7) is 7.20. The van der Waals surface area contributed by atoms with Gasteiger partial charge < -0.3 is 30.0 Å². The van der Waals surface area contributed by atoms with Gasteiger partial charge in [0.05, 0.1) is 12.9 Å². The van der Waals surface area contributed by atoms with Crippen molar-refractivity contribution in [1.29, 1.82) is 0 Å². The lowest BCUT2D eigenvalue weighted by Gasteiger charge is -2.34. The fraction of sp³-hybridized carbons (Fsp3) is 0.733. The molecule has 24 heavy (non-hydrogen) atoms. The topological polar surface area (TPSA) is 107 Å². The van der Waals surface area contributed by atoms with E-state index in [0.29, 0.717) is 11.5 Å². The van der Waals surface area contributed by atoms with Crippen molar-refractivity contribution in [3.63, 3.8) is 0 Å². The Bertz CT molecular complexity index is 685. The van der Waals surface area contributed by atoms with E-state index < -0.39 is 29.9 Å². The molecule has 4 rings (SSSR count). The molecule has 3 aliphatic rings. The van der Waals surface area contributed by atoms with E-state index in [-0.39, 0.29) is 18.6 Å². The lowest BCUT2D eigenvalue weighted by atomic mass is 10.1. The maximum Gasteiger partial charge on any atom is 0.275 e. The molecule has 0 spiro atoms. The number of ether oxygens (including phenoxy) is 3. The third-order valence-electron chi connectivity index (χ3n) is 4.45. The number of aliphatic hydroxyl groups is 1. The summed E-state index contributed by atoms with van der Waals surface area (Å²) in [5.74, 6) is -0.431. The molecule has 4 heterocycles. The summed E-state index contributed by atoms with van der Waals surface area (Å²) < 4.78 is 19.5. The van der Waals surface area contributed by atoms with Crippen LogP contribution in [-0.4, -0.2) is 56.9 Å². The summed E-state index contributed by atoms with van der Waals surface area (Å²) in [4.78, 5) is 16.4. The normalized spacial score (nSPS) is 36.0. The van der Waals surface area contributed by atoms with Gasteiger partial charge >= 0.3 is 0 Å². The first kappa shape index (κ1) is 15.8. The Balaban J connectivity index is 1.71. The van der Waals surface area contributed by atoms with Gasteiger partial charge in [0.1, 0.15) is 29.8 Å². The number of imidazole rings is 1. The number of aromatic nitrogens is 2. The van der Waals surface area contributed by atoms with Crippen LogP contribution in [-0.2, 0) is 14.2 Å². The predicted molar refractivity (Wildman–Crippen MR) is 82.2 cm³/mol. The summed E-state index contributed by atoms with van der Waals surface area (Å²) >= 11 is 0. The van der Waals surface area contributed by atoms with Crippen LogP contribution in [0.2, 0.25) is 0 Å². The molecule has 4 atom stereocenters. The SMILES string of the molecule is CC1(C)NC(=O)c2ncn([C@@H]3O[C@H](CO)[C@@H]4OC(C)(C)O[C@@H]43)c2N1. The zero-order valence-electron chi connectivity index (χ0n) is 14.1. The maximum atomic E-state index is 12.2. The molecule has 9 nitrogen and oxygen atoms in total. The van der Waals surface area contributed by atoms with E-state index in [1.807, 2.05) is 27.7 Å². The highest BCUT2D eigenvalue weighted by molar-refractivity contribution is 5.99. The Morgan fingerprint density at radius 1 is 1.25 bits per heavy atom. The van der Waals surface area contributed by atoms with Gasteiger partial charge in [0.15, 0.2) is 17.7 Å². The first-order chi connectivity index (χ1) is 11.2. The Morgan fingerprint density at radius 3 is 2.67 bits per heavy atom. The number of carbonyl (C=O) groups is 1. The van der Waals surface area contributed by atoms with Crippen molar-refractivity contribution in [1.82, 2.24) is 14.9 Å². The second kappa shape index (κ2) is 4.92. The highest BCUT2D eigenvalue weighted by Crippen LogP contribution is 2.44. The minimum atomic E-state index is -0.754. The Labute approximate surface area is 139 Å². The fourth-order valence-electron chi connectivity index (χ4n) is 3.54. The summed E-state index contributed by atoms with van der Waals surface area (Å²) in [7, 11) is 0. The van der Waals surface area contributed by atoms with E-state index in [1.54, 1.807) is 10.9 Å². The van der Waals surface area contributed by atoms with Gasteiger partial charge in [0.2, 0.25) is 0 Å². The molecule has 0 aromatic carbocycles. The average molecular weight is 338 g/mol. The van der Waals surface area contributed by atoms with E-state index in [9.17, 15) is 9.90 Å². The van der Waals surface area contributed by atoms with Gasteiger partial charge in [-0.1, -0.05) is 0 Å². The molecule has 1 aromatic heterocycles. The number of hydrogen-bond donors (Lipinski definition) is 3. The summed E-state index contributed by atoms with van der Waals surface area (Å²) in [6, 6.07) is 0. The fourth-order valence-corrected chi connectivity index (χ4v) is 3.54. The van der Waals surface area contributed by atoms with Crippen LogP contribution in [0.3, 0.4) is 0 Å². The molecule has 2 fully saturated rings. The molecule has 3 aliphatic heterocycles. The van der Waals surface area contributed by atoms with E-state index in [2.05, 4.69) is 15.6 Å². The molecular weight excluding hydrogens is 316 g/mol. The molecule has 3 N–H and O–H groups in total. The second-order valence-electron chi connectivity index (χ2n) is 7.37. The number of rotatable bonds is 2. The number of amides is 1. The Morgan fingerprint density at radius 2 is 1.96 bits per heavy atom. The molecule has 0 aliphatic carbocycles. The van der Waals surface area contributed by atoms with Gasteiger partial charge in [-0.05, 0) is 27.7 Å². The van der Waals surface area contributed by atoms with Crippen LogP contribution in [0, 0.1) is 0 Å². The predicted octanol–water partition coefficient (Wildman–Crippen LogP) is 0.184. The molecule has 2 saturated heterocycles. The average Bonchev–Trinajstić information content (AvgIpc) is 3.08. The molecule has 1 amide bonds. The van der Waals surface area contributed by atoms with Crippen molar-refractivity contribution in [2.45, 2.75) is 63.7 Å². The van der Waals surface area contributed by atoms with Gasteiger partial charge in [-0.15, -0.1) is 0 Å². The quantitative estimate of drug-likeness (QED) is 0.706. The largest absolute Gasteiger partial charge is 0.394 e. The number of anilines is 1. The van der Waals surface area contributed by atoms with Crippen molar-refractivity contribution in [3.8, 4) is 0 Å². The summed E-state index contributed by atoms with van der Waals surface area (Å²) in [5, 5.41) is 15.7.